The van der Waals surface area contributed by atoms with Crippen LogP contribution in [0.3, 0.4) is 0 Å². The van der Waals surface area contributed by atoms with Crippen LogP contribution < -0.4 is 0 Å². The predicted molar refractivity (Wildman–Crippen MR) is 99.1 cm³/mol. The van der Waals surface area contributed by atoms with E-state index in [4.69, 9.17) is 0 Å². The van der Waals surface area contributed by atoms with Gasteiger partial charge in [0.1, 0.15) is 5.82 Å². The van der Waals surface area contributed by atoms with E-state index < -0.39 is 0 Å². The van der Waals surface area contributed by atoms with E-state index in [2.05, 4.69) is 26.9 Å². The molecule has 3 nitrogen and oxygen atoms in total. The molecule has 1 saturated carbocycles. The summed E-state index contributed by atoms with van der Waals surface area (Å²) in [5.41, 5.74) is 1.66. The Bertz CT molecular complexity index is 841. The topological polar surface area (TPSA) is 30.7 Å². The second-order valence-corrected chi connectivity index (χ2v) is 7.65. The van der Waals surface area contributed by atoms with Crippen molar-refractivity contribution < 1.29 is 4.39 Å². The molecule has 128 valence electrons. The van der Waals surface area contributed by atoms with E-state index in [1.807, 2.05) is 24.3 Å². The highest BCUT2D eigenvalue weighted by Crippen LogP contribution is 2.35. The second kappa shape index (κ2) is 7.40. The zero-order chi connectivity index (χ0) is 17.1. The molecule has 0 radical (unpaired) electrons. The molecule has 0 atom stereocenters. The molecule has 0 saturated heterocycles. The molecule has 1 aromatic heterocycles. The SMILES string of the molecule is Fc1ccccc1-c1nnc(SC2CCCC2)n1Cc1ccccc1. The lowest BCUT2D eigenvalue weighted by Gasteiger charge is -2.13. The minimum Gasteiger partial charge on any atom is -0.297 e. The molecule has 25 heavy (non-hydrogen) atoms. The van der Waals surface area contributed by atoms with E-state index in [0.29, 0.717) is 23.2 Å². The zero-order valence-electron chi connectivity index (χ0n) is 13.9. The van der Waals surface area contributed by atoms with Crippen LogP contribution in [0.25, 0.3) is 11.4 Å². The Morgan fingerprint density at radius 3 is 2.44 bits per heavy atom. The van der Waals surface area contributed by atoms with Crippen molar-refractivity contribution in [3.8, 4) is 11.4 Å². The fourth-order valence-electron chi connectivity index (χ4n) is 3.28. The molecular weight excluding hydrogens is 333 g/mol. The highest BCUT2D eigenvalue weighted by atomic mass is 32.2. The Hall–Kier alpha value is -2.14. The van der Waals surface area contributed by atoms with Crippen LogP contribution in [0, 0.1) is 5.82 Å². The molecule has 0 unspecified atom stereocenters. The lowest BCUT2D eigenvalue weighted by Crippen LogP contribution is -2.06. The van der Waals surface area contributed by atoms with Crippen LogP contribution in [0.2, 0.25) is 0 Å². The fourth-order valence-corrected chi connectivity index (χ4v) is 4.51. The van der Waals surface area contributed by atoms with Gasteiger partial charge in [-0.15, -0.1) is 10.2 Å². The van der Waals surface area contributed by atoms with E-state index >= 15 is 0 Å². The summed E-state index contributed by atoms with van der Waals surface area (Å²) < 4.78 is 16.4. The maximum Gasteiger partial charge on any atom is 0.192 e. The van der Waals surface area contributed by atoms with Crippen LogP contribution in [-0.2, 0) is 6.54 Å². The number of halogens is 1. The molecule has 1 fully saturated rings. The van der Waals surface area contributed by atoms with Crippen LogP contribution in [-0.4, -0.2) is 20.0 Å². The Morgan fingerprint density at radius 2 is 1.68 bits per heavy atom. The van der Waals surface area contributed by atoms with E-state index in [9.17, 15) is 4.39 Å². The van der Waals surface area contributed by atoms with Crippen LogP contribution >= 0.6 is 11.8 Å². The number of aromatic nitrogens is 3. The number of benzene rings is 2. The number of hydrogen-bond donors (Lipinski definition) is 0. The summed E-state index contributed by atoms with van der Waals surface area (Å²) in [6.45, 7) is 0.645. The maximum absolute atomic E-state index is 14.3. The monoisotopic (exact) mass is 353 g/mol. The van der Waals surface area contributed by atoms with Crippen LogP contribution in [0.5, 0.6) is 0 Å². The predicted octanol–water partition coefficient (Wildman–Crippen LogP) is 5.17. The summed E-state index contributed by atoms with van der Waals surface area (Å²) in [5, 5.41) is 10.2. The van der Waals surface area contributed by atoms with Gasteiger partial charge in [0.25, 0.3) is 0 Å². The maximum atomic E-state index is 14.3. The Morgan fingerprint density at radius 1 is 0.960 bits per heavy atom. The molecule has 1 aliphatic carbocycles. The van der Waals surface area contributed by atoms with Crippen molar-refractivity contribution in [3.05, 3.63) is 66.0 Å². The molecule has 4 rings (SSSR count). The summed E-state index contributed by atoms with van der Waals surface area (Å²) in [4.78, 5) is 0. The van der Waals surface area contributed by atoms with Crippen molar-refractivity contribution in [1.82, 2.24) is 14.8 Å². The van der Waals surface area contributed by atoms with E-state index in [-0.39, 0.29) is 5.82 Å². The Balaban J connectivity index is 1.73. The molecule has 0 N–H and O–H groups in total. The van der Waals surface area contributed by atoms with Gasteiger partial charge in [0.15, 0.2) is 11.0 Å². The van der Waals surface area contributed by atoms with Crippen molar-refractivity contribution in [2.75, 3.05) is 0 Å². The molecule has 0 bridgehead atoms. The number of nitrogens with zero attached hydrogens (tertiary/aromatic N) is 3. The molecule has 1 heterocycles. The molecular formula is C20H20FN3S. The summed E-state index contributed by atoms with van der Waals surface area (Å²) in [6.07, 6.45) is 5.01. The van der Waals surface area contributed by atoms with Crippen molar-refractivity contribution in [2.24, 2.45) is 0 Å². The van der Waals surface area contributed by atoms with Gasteiger partial charge >= 0.3 is 0 Å². The average Bonchev–Trinajstić information content (AvgIpc) is 3.28. The second-order valence-electron chi connectivity index (χ2n) is 6.38. The molecule has 3 aromatic rings. The summed E-state index contributed by atoms with van der Waals surface area (Å²) in [5.74, 6) is 0.337. The molecule has 2 aromatic carbocycles. The van der Waals surface area contributed by atoms with Gasteiger partial charge in [0.05, 0.1) is 12.1 Å². The molecule has 5 heteroatoms. The van der Waals surface area contributed by atoms with Crippen molar-refractivity contribution in [3.63, 3.8) is 0 Å². The third-order valence-electron chi connectivity index (χ3n) is 4.59. The summed E-state index contributed by atoms with van der Waals surface area (Å²) >= 11 is 1.79. The highest BCUT2D eigenvalue weighted by Gasteiger charge is 2.22. The summed E-state index contributed by atoms with van der Waals surface area (Å²) in [7, 11) is 0. The van der Waals surface area contributed by atoms with Gasteiger partial charge in [0, 0.05) is 5.25 Å². The number of thioether (sulfide) groups is 1. The van der Waals surface area contributed by atoms with E-state index in [1.54, 1.807) is 23.9 Å². The van der Waals surface area contributed by atoms with Crippen molar-refractivity contribution >= 4 is 11.8 Å². The van der Waals surface area contributed by atoms with Gasteiger partial charge < -0.3 is 0 Å². The zero-order valence-corrected chi connectivity index (χ0v) is 14.8. The fraction of sp³-hybridized carbons (Fsp3) is 0.300. The minimum absolute atomic E-state index is 0.262. The van der Waals surface area contributed by atoms with Crippen molar-refractivity contribution in [1.29, 1.82) is 0 Å². The average molecular weight is 353 g/mol. The molecule has 0 aliphatic heterocycles. The lowest BCUT2D eigenvalue weighted by molar-refractivity contribution is 0.626. The van der Waals surface area contributed by atoms with Crippen molar-refractivity contribution in [2.45, 2.75) is 42.6 Å². The van der Waals surface area contributed by atoms with Crippen LogP contribution in [0.1, 0.15) is 31.2 Å². The first-order chi connectivity index (χ1) is 12.3. The van der Waals surface area contributed by atoms with Gasteiger partial charge in [-0.05, 0) is 30.5 Å². The Kier molecular flexibility index (Phi) is 4.83. The minimum atomic E-state index is -0.262. The first-order valence-corrected chi connectivity index (χ1v) is 9.58. The third-order valence-corrected chi connectivity index (χ3v) is 5.91. The molecule has 0 spiro atoms. The van der Waals surface area contributed by atoms with Crippen LogP contribution in [0.15, 0.2) is 59.8 Å². The molecule has 1 aliphatic rings. The van der Waals surface area contributed by atoms with Gasteiger partial charge in [-0.3, -0.25) is 4.57 Å². The Labute approximate surface area is 151 Å². The van der Waals surface area contributed by atoms with E-state index in [0.717, 1.165) is 10.7 Å². The normalized spacial score (nSPS) is 14.9. The van der Waals surface area contributed by atoms with E-state index in [1.165, 1.54) is 31.7 Å². The largest absolute Gasteiger partial charge is 0.297 e. The van der Waals surface area contributed by atoms with Gasteiger partial charge in [-0.25, -0.2) is 4.39 Å². The number of hydrogen-bond acceptors (Lipinski definition) is 3. The lowest BCUT2D eigenvalue weighted by atomic mass is 10.2. The quantitative estimate of drug-likeness (QED) is 0.634. The van der Waals surface area contributed by atoms with Gasteiger partial charge in [-0.2, -0.15) is 0 Å². The smallest absolute Gasteiger partial charge is 0.192 e. The van der Waals surface area contributed by atoms with Crippen LogP contribution in [0.4, 0.5) is 4.39 Å². The third kappa shape index (κ3) is 3.61. The standard InChI is InChI=1S/C20H20FN3S/c21-18-13-7-6-12-17(18)19-22-23-20(25-16-10-4-5-11-16)24(19)14-15-8-2-1-3-9-15/h1-3,6-9,12-13,16H,4-5,10-11,14H2. The van der Waals surface area contributed by atoms with Gasteiger partial charge in [-0.1, -0.05) is 67.1 Å². The first kappa shape index (κ1) is 16.3. The summed E-state index contributed by atoms with van der Waals surface area (Å²) in [6, 6.07) is 17.0. The molecule has 0 amide bonds. The first-order valence-electron chi connectivity index (χ1n) is 8.70. The van der Waals surface area contributed by atoms with Gasteiger partial charge in [0.2, 0.25) is 0 Å². The number of rotatable bonds is 5. The highest BCUT2D eigenvalue weighted by molar-refractivity contribution is 7.99.